The molecule has 4 rings (SSSR count). The van der Waals surface area contributed by atoms with Gasteiger partial charge in [0.25, 0.3) is 5.91 Å². The number of nitrogens with one attached hydrogen (secondary N) is 1. The number of hydrogen-bond acceptors (Lipinski definition) is 4. The predicted molar refractivity (Wildman–Crippen MR) is 117 cm³/mol. The molecular formula is C25H20N2O3. The van der Waals surface area contributed by atoms with E-state index in [1.807, 2.05) is 66.7 Å². The van der Waals surface area contributed by atoms with Gasteiger partial charge in [0.15, 0.2) is 0 Å². The van der Waals surface area contributed by atoms with Gasteiger partial charge >= 0.3 is 5.97 Å². The van der Waals surface area contributed by atoms with Gasteiger partial charge in [-0.15, -0.1) is 0 Å². The quantitative estimate of drug-likeness (QED) is 0.489. The molecule has 0 spiro atoms. The van der Waals surface area contributed by atoms with Gasteiger partial charge in [-0.1, -0.05) is 66.7 Å². The molecule has 0 bridgehead atoms. The van der Waals surface area contributed by atoms with E-state index in [1.54, 1.807) is 18.2 Å². The number of pyridine rings is 1. The van der Waals surface area contributed by atoms with Gasteiger partial charge in [0.1, 0.15) is 0 Å². The smallest absolute Gasteiger partial charge is 0.310 e. The maximum absolute atomic E-state index is 13.3. The number of fused-ring (bicyclic) bond motifs is 1. The number of anilines is 1. The van der Waals surface area contributed by atoms with Gasteiger partial charge < -0.3 is 10.1 Å². The lowest BCUT2D eigenvalue weighted by Crippen LogP contribution is -2.15. The highest BCUT2D eigenvalue weighted by atomic mass is 16.5. The summed E-state index contributed by atoms with van der Waals surface area (Å²) in [6.07, 6.45) is 0.0827. The second kappa shape index (κ2) is 8.57. The van der Waals surface area contributed by atoms with E-state index in [0.29, 0.717) is 16.8 Å². The molecule has 1 amide bonds. The van der Waals surface area contributed by atoms with Crippen molar-refractivity contribution >= 4 is 28.5 Å². The Morgan fingerprint density at radius 1 is 0.900 bits per heavy atom. The largest absolute Gasteiger partial charge is 0.469 e. The van der Waals surface area contributed by atoms with Crippen molar-refractivity contribution in [1.82, 2.24) is 4.98 Å². The van der Waals surface area contributed by atoms with E-state index in [9.17, 15) is 9.59 Å². The van der Waals surface area contributed by atoms with E-state index in [4.69, 9.17) is 9.72 Å². The van der Waals surface area contributed by atoms with Crippen molar-refractivity contribution in [1.29, 1.82) is 0 Å². The van der Waals surface area contributed by atoms with Crippen LogP contribution in [0, 0.1) is 0 Å². The van der Waals surface area contributed by atoms with Crippen LogP contribution < -0.4 is 5.32 Å². The van der Waals surface area contributed by atoms with Crippen LogP contribution in [0.25, 0.3) is 22.2 Å². The van der Waals surface area contributed by atoms with Crippen molar-refractivity contribution in [2.24, 2.45) is 0 Å². The van der Waals surface area contributed by atoms with Crippen LogP contribution in [0.3, 0.4) is 0 Å². The molecule has 0 unspecified atom stereocenters. The van der Waals surface area contributed by atoms with Crippen molar-refractivity contribution in [2.45, 2.75) is 6.42 Å². The molecule has 1 aromatic heterocycles. The van der Waals surface area contributed by atoms with Crippen LogP contribution >= 0.6 is 0 Å². The van der Waals surface area contributed by atoms with Crippen molar-refractivity contribution in [3.8, 4) is 11.3 Å². The van der Waals surface area contributed by atoms with Crippen LogP contribution in [0.15, 0.2) is 84.9 Å². The Bertz CT molecular complexity index is 1220. The molecule has 5 heteroatoms. The molecule has 0 aliphatic rings. The first kappa shape index (κ1) is 19.3. The van der Waals surface area contributed by atoms with Crippen molar-refractivity contribution in [2.75, 3.05) is 12.4 Å². The van der Waals surface area contributed by atoms with Crippen LogP contribution in [-0.4, -0.2) is 24.0 Å². The molecular weight excluding hydrogens is 376 g/mol. The fourth-order valence-electron chi connectivity index (χ4n) is 3.33. The second-order valence-corrected chi connectivity index (χ2v) is 6.80. The molecule has 30 heavy (non-hydrogen) atoms. The number of ether oxygens (including phenoxy) is 1. The van der Waals surface area contributed by atoms with E-state index in [0.717, 1.165) is 22.2 Å². The first-order chi connectivity index (χ1) is 14.7. The van der Waals surface area contributed by atoms with Gasteiger partial charge in [-0.25, -0.2) is 4.98 Å². The zero-order valence-corrected chi connectivity index (χ0v) is 16.5. The highest BCUT2D eigenvalue weighted by Crippen LogP contribution is 2.26. The fraction of sp³-hybridized carbons (Fsp3) is 0.0800. The van der Waals surface area contributed by atoms with E-state index >= 15 is 0 Å². The zero-order chi connectivity index (χ0) is 20.9. The number of carbonyl (C=O) groups excluding carboxylic acids is 2. The Labute approximate surface area is 174 Å². The molecule has 0 atom stereocenters. The molecule has 0 fully saturated rings. The molecule has 0 aliphatic carbocycles. The van der Waals surface area contributed by atoms with Gasteiger partial charge in [-0.2, -0.15) is 0 Å². The summed E-state index contributed by atoms with van der Waals surface area (Å²) in [4.78, 5) is 29.7. The van der Waals surface area contributed by atoms with E-state index in [1.165, 1.54) is 7.11 Å². The van der Waals surface area contributed by atoms with Crippen molar-refractivity contribution in [3.63, 3.8) is 0 Å². The van der Waals surface area contributed by atoms with E-state index in [-0.39, 0.29) is 18.3 Å². The number of rotatable bonds is 5. The first-order valence-electron chi connectivity index (χ1n) is 9.57. The lowest BCUT2D eigenvalue weighted by Gasteiger charge is -2.13. The van der Waals surface area contributed by atoms with E-state index < -0.39 is 0 Å². The van der Waals surface area contributed by atoms with Crippen LogP contribution in [-0.2, 0) is 16.0 Å². The molecule has 5 nitrogen and oxygen atoms in total. The monoisotopic (exact) mass is 396 g/mol. The van der Waals surface area contributed by atoms with Gasteiger partial charge in [0, 0.05) is 16.6 Å². The number of para-hydroxylation sites is 2. The molecule has 4 aromatic rings. The Hall–Kier alpha value is -3.99. The average Bonchev–Trinajstić information content (AvgIpc) is 2.80. The van der Waals surface area contributed by atoms with Crippen LogP contribution in [0.2, 0.25) is 0 Å². The van der Waals surface area contributed by atoms with E-state index in [2.05, 4.69) is 5.32 Å². The lowest BCUT2D eigenvalue weighted by molar-refractivity contribution is -0.139. The predicted octanol–water partition coefficient (Wildman–Crippen LogP) is 4.87. The van der Waals surface area contributed by atoms with Crippen LogP contribution in [0.4, 0.5) is 5.69 Å². The Morgan fingerprint density at radius 3 is 2.40 bits per heavy atom. The van der Waals surface area contributed by atoms with Crippen LogP contribution in [0.5, 0.6) is 0 Å². The number of hydrogen-bond donors (Lipinski definition) is 1. The number of esters is 1. The summed E-state index contributed by atoms with van der Waals surface area (Å²) in [5.74, 6) is -0.625. The van der Waals surface area contributed by atoms with Gasteiger partial charge in [0.2, 0.25) is 0 Å². The molecule has 148 valence electrons. The number of methoxy groups -OCH3 is 1. The number of carbonyl (C=O) groups is 2. The minimum absolute atomic E-state index is 0.0827. The Morgan fingerprint density at radius 2 is 1.60 bits per heavy atom. The molecule has 0 saturated carbocycles. The molecule has 0 radical (unpaired) electrons. The number of nitrogens with zero attached hydrogens (tertiary/aromatic N) is 1. The Balaban J connectivity index is 1.75. The average molecular weight is 396 g/mol. The number of benzene rings is 3. The molecule has 0 aliphatic heterocycles. The van der Waals surface area contributed by atoms with Gasteiger partial charge in [0.05, 0.1) is 30.3 Å². The highest BCUT2D eigenvalue weighted by molar-refractivity contribution is 6.13. The zero-order valence-electron chi connectivity index (χ0n) is 16.5. The molecule has 3 aromatic carbocycles. The second-order valence-electron chi connectivity index (χ2n) is 6.80. The lowest BCUT2D eigenvalue weighted by atomic mass is 10.0. The number of aromatic nitrogens is 1. The topological polar surface area (TPSA) is 68.3 Å². The summed E-state index contributed by atoms with van der Waals surface area (Å²) < 4.78 is 4.76. The fourth-order valence-corrected chi connectivity index (χ4v) is 3.33. The highest BCUT2D eigenvalue weighted by Gasteiger charge is 2.16. The van der Waals surface area contributed by atoms with Crippen molar-refractivity contribution in [3.05, 3.63) is 96.1 Å². The molecule has 1 N–H and O–H groups in total. The maximum Gasteiger partial charge on any atom is 0.310 e. The Kier molecular flexibility index (Phi) is 5.52. The third-order valence-electron chi connectivity index (χ3n) is 4.86. The summed E-state index contributed by atoms with van der Waals surface area (Å²) in [6, 6.07) is 26.3. The van der Waals surface area contributed by atoms with Crippen molar-refractivity contribution < 1.29 is 14.3 Å². The number of amides is 1. The van der Waals surface area contributed by atoms with Crippen LogP contribution in [0.1, 0.15) is 15.9 Å². The first-order valence-corrected chi connectivity index (χ1v) is 9.57. The normalized spacial score (nSPS) is 10.6. The maximum atomic E-state index is 13.3. The summed E-state index contributed by atoms with van der Waals surface area (Å²) >= 11 is 0. The standard InChI is InChI=1S/C25H20N2O3/c1-30-24(28)15-18-11-5-7-13-21(18)27-25(29)20-16-23(17-9-3-2-4-10-17)26-22-14-8-6-12-19(20)22/h2-14,16H,15H2,1H3,(H,27,29). The minimum atomic E-state index is -0.363. The summed E-state index contributed by atoms with van der Waals surface area (Å²) in [5, 5.41) is 3.72. The summed E-state index contributed by atoms with van der Waals surface area (Å²) in [6.45, 7) is 0. The molecule has 0 saturated heterocycles. The SMILES string of the molecule is COC(=O)Cc1ccccc1NC(=O)c1cc(-c2ccccc2)nc2ccccc12. The summed E-state index contributed by atoms with van der Waals surface area (Å²) in [7, 11) is 1.34. The summed E-state index contributed by atoms with van der Waals surface area (Å²) in [5.41, 5.74) is 4.19. The third kappa shape index (κ3) is 4.05. The minimum Gasteiger partial charge on any atom is -0.469 e. The molecule has 1 heterocycles. The van der Waals surface area contributed by atoms with Gasteiger partial charge in [-0.05, 0) is 23.8 Å². The third-order valence-corrected chi connectivity index (χ3v) is 4.86. The van der Waals surface area contributed by atoms with Gasteiger partial charge in [-0.3, -0.25) is 9.59 Å².